The summed E-state index contributed by atoms with van der Waals surface area (Å²) in [5.41, 5.74) is 1.16. The standard InChI is InChI=1S/C19H30N4O3/c1-17(24)23(12-11-22-13-15-26-16-14-22)10-6-19(25)21(2)9-5-18-3-7-20-8-4-18/h3-4,7-8H,5-6,9-16H2,1-2H3. The first kappa shape index (κ1) is 20.3. The van der Waals surface area contributed by atoms with Gasteiger partial charge >= 0.3 is 0 Å². The van der Waals surface area contributed by atoms with Crippen molar-refractivity contribution in [2.45, 2.75) is 19.8 Å². The monoisotopic (exact) mass is 362 g/mol. The maximum Gasteiger partial charge on any atom is 0.224 e. The Morgan fingerprint density at radius 2 is 1.85 bits per heavy atom. The number of hydrogen-bond donors (Lipinski definition) is 0. The molecule has 0 aliphatic carbocycles. The summed E-state index contributed by atoms with van der Waals surface area (Å²) in [7, 11) is 1.81. The highest BCUT2D eigenvalue weighted by atomic mass is 16.5. The van der Waals surface area contributed by atoms with Crippen LogP contribution in [0.15, 0.2) is 24.5 Å². The van der Waals surface area contributed by atoms with Crippen LogP contribution in [-0.2, 0) is 20.7 Å². The number of aromatic nitrogens is 1. The average molecular weight is 362 g/mol. The molecule has 1 aromatic rings. The van der Waals surface area contributed by atoms with Crippen molar-refractivity contribution in [3.63, 3.8) is 0 Å². The predicted octanol–water partition coefficient (Wildman–Crippen LogP) is 0.653. The summed E-state index contributed by atoms with van der Waals surface area (Å²) in [5, 5.41) is 0. The molecular formula is C19H30N4O3. The Morgan fingerprint density at radius 3 is 2.50 bits per heavy atom. The van der Waals surface area contributed by atoms with Crippen molar-refractivity contribution in [3.05, 3.63) is 30.1 Å². The third-order valence-corrected chi connectivity index (χ3v) is 4.74. The number of hydrogen-bond acceptors (Lipinski definition) is 5. The molecule has 0 radical (unpaired) electrons. The van der Waals surface area contributed by atoms with E-state index in [-0.39, 0.29) is 11.8 Å². The highest BCUT2D eigenvalue weighted by Crippen LogP contribution is 2.03. The lowest BCUT2D eigenvalue weighted by atomic mass is 10.2. The SMILES string of the molecule is CC(=O)N(CCC(=O)N(C)CCc1ccncc1)CCN1CCOCC1. The molecule has 1 aliphatic heterocycles. The van der Waals surface area contributed by atoms with Gasteiger partial charge in [0.1, 0.15) is 0 Å². The van der Waals surface area contributed by atoms with Crippen LogP contribution in [0.5, 0.6) is 0 Å². The molecular weight excluding hydrogens is 332 g/mol. The summed E-state index contributed by atoms with van der Waals surface area (Å²) in [6.45, 7) is 7.50. The average Bonchev–Trinajstić information content (AvgIpc) is 2.67. The Labute approximate surface area is 155 Å². The number of morpholine rings is 1. The Morgan fingerprint density at radius 1 is 1.15 bits per heavy atom. The number of likely N-dealkylation sites (N-methyl/N-ethyl adjacent to an activating group) is 1. The van der Waals surface area contributed by atoms with Crippen LogP contribution in [0.2, 0.25) is 0 Å². The number of amides is 2. The van der Waals surface area contributed by atoms with E-state index in [4.69, 9.17) is 4.74 Å². The van der Waals surface area contributed by atoms with Crippen LogP contribution in [0, 0.1) is 0 Å². The molecule has 7 heteroatoms. The quantitative estimate of drug-likeness (QED) is 0.645. The number of ether oxygens (including phenoxy) is 1. The van der Waals surface area contributed by atoms with Gasteiger partial charge in [-0.1, -0.05) is 0 Å². The minimum absolute atomic E-state index is 0.0190. The second-order valence-electron chi connectivity index (χ2n) is 6.63. The van der Waals surface area contributed by atoms with E-state index in [1.165, 1.54) is 0 Å². The minimum Gasteiger partial charge on any atom is -0.379 e. The fraction of sp³-hybridized carbons (Fsp3) is 0.632. The summed E-state index contributed by atoms with van der Waals surface area (Å²) < 4.78 is 5.34. The molecule has 0 spiro atoms. The summed E-state index contributed by atoms with van der Waals surface area (Å²) in [6, 6.07) is 3.92. The molecule has 0 bridgehead atoms. The van der Waals surface area contributed by atoms with E-state index in [1.54, 1.807) is 29.1 Å². The van der Waals surface area contributed by atoms with E-state index >= 15 is 0 Å². The molecule has 0 aromatic carbocycles. The van der Waals surface area contributed by atoms with E-state index in [2.05, 4.69) is 9.88 Å². The van der Waals surface area contributed by atoms with Crippen molar-refractivity contribution >= 4 is 11.8 Å². The number of carbonyl (C=O) groups is 2. The van der Waals surface area contributed by atoms with Crippen molar-refractivity contribution in [1.82, 2.24) is 19.7 Å². The topological polar surface area (TPSA) is 66.0 Å². The maximum atomic E-state index is 12.3. The molecule has 7 nitrogen and oxygen atoms in total. The van der Waals surface area contributed by atoms with Crippen molar-refractivity contribution in [1.29, 1.82) is 0 Å². The molecule has 0 atom stereocenters. The number of nitrogens with zero attached hydrogens (tertiary/aromatic N) is 4. The molecule has 0 unspecified atom stereocenters. The largest absolute Gasteiger partial charge is 0.379 e. The fourth-order valence-electron chi connectivity index (χ4n) is 2.91. The molecule has 0 saturated carbocycles. The molecule has 1 aliphatic rings. The predicted molar refractivity (Wildman–Crippen MR) is 99.7 cm³/mol. The van der Waals surface area contributed by atoms with Crippen LogP contribution in [0.25, 0.3) is 0 Å². The zero-order valence-electron chi connectivity index (χ0n) is 15.9. The van der Waals surface area contributed by atoms with E-state index in [1.807, 2.05) is 19.2 Å². The van der Waals surface area contributed by atoms with Gasteiger partial charge in [0.15, 0.2) is 0 Å². The Balaban J connectivity index is 1.70. The minimum atomic E-state index is 0.0190. The third-order valence-electron chi connectivity index (χ3n) is 4.74. The Kier molecular flexibility index (Phi) is 8.50. The summed E-state index contributed by atoms with van der Waals surface area (Å²) in [4.78, 5) is 34.0. The van der Waals surface area contributed by atoms with Gasteiger partial charge < -0.3 is 14.5 Å². The number of rotatable bonds is 9. The van der Waals surface area contributed by atoms with Gasteiger partial charge in [0.2, 0.25) is 11.8 Å². The smallest absolute Gasteiger partial charge is 0.224 e. The highest BCUT2D eigenvalue weighted by molar-refractivity contribution is 5.78. The summed E-state index contributed by atoms with van der Waals surface area (Å²) >= 11 is 0. The van der Waals surface area contributed by atoms with Gasteiger partial charge in [0.25, 0.3) is 0 Å². The molecule has 1 saturated heterocycles. The van der Waals surface area contributed by atoms with Crippen LogP contribution in [-0.4, -0.2) is 91.0 Å². The van der Waals surface area contributed by atoms with Crippen molar-refractivity contribution < 1.29 is 14.3 Å². The van der Waals surface area contributed by atoms with Crippen LogP contribution in [0.4, 0.5) is 0 Å². The zero-order chi connectivity index (χ0) is 18.8. The lowest BCUT2D eigenvalue weighted by Gasteiger charge is -2.30. The van der Waals surface area contributed by atoms with Gasteiger partial charge in [-0.15, -0.1) is 0 Å². The van der Waals surface area contributed by atoms with Gasteiger partial charge in [-0.25, -0.2) is 0 Å². The van der Waals surface area contributed by atoms with Gasteiger partial charge in [0.05, 0.1) is 13.2 Å². The zero-order valence-corrected chi connectivity index (χ0v) is 15.9. The first-order valence-corrected chi connectivity index (χ1v) is 9.24. The first-order valence-electron chi connectivity index (χ1n) is 9.24. The summed E-state index contributed by atoms with van der Waals surface area (Å²) in [6.07, 6.45) is 4.68. The maximum absolute atomic E-state index is 12.3. The van der Waals surface area contributed by atoms with E-state index < -0.39 is 0 Å². The molecule has 1 aromatic heterocycles. The van der Waals surface area contributed by atoms with Crippen LogP contribution < -0.4 is 0 Å². The summed E-state index contributed by atoms with van der Waals surface area (Å²) in [5.74, 6) is 0.0853. The van der Waals surface area contributed by atoms with Crippen molar-refractivity contribution in [2.75, 3.05) is 59.5 Å². The molecule has 0 N–H and O–H groups in total. The van der Waals surface area contributed by atoms with Gasteiger partial charge in [0, 0.05) is 72.1 Å². The van der Waals surface area contributed by atoms with Gasteiger partial charge in [-0.2, -0.15) is 0 Å². The van der Waals surface area contributed by atoms with Crippen LogP contribution in [0.3, 0.4) is 0 Å². The van der Waals surface area contributed by atoms with E-state index in [9.17, 15) is 9.59 Å². The number of pyridine rings is 1. The molecule has 2 heterocycles. The lowest BCUT2D eigenvalue weighted by molar-refractivity contribution is -0.132. The van der Waals surface area contributed by atoms with Crippen molar-refractivity contribution in [3.8, 4) is 0 Å². The van der Waals surface area contributed by atoms with Gasteiger partial charge in [-0.3, -0.25) is 19.5 Å². The lowest BCUT2D eigenvalue weighted by Crippen LogP contribution is -2.43. The van der Waals surface area contributed by atoms with E-state index in [0.717, 1.165) is 44.8 Å². The second kappa shape index (κ2) is 10.9. The molecule has 2 amide bonds. The van der Waals surface area contributed by atoms with Crippen LogP contribution in [0.1, 0.15) is 18.9 Å². The first-order chi connectivity index (χ1) is 12.6. The number of carbonyl (C=O) groups excluding carboxylic acids is 2. The molecule has 144 valence electrons. The highest BCUT2D eigenvalue weighted by Gasteiger charge is 2.16. The normalized spacial score (nSPS) is 14.8. The molecule has 26 heavy (non-hydrogen) atoms. The second-order valence-corrected chi connectivity index (χ2v) is 6.63. The third kappa shape index (κ3) is 7.09. The Hall–Kier alpha value is -1.99. The fourth-order valence-corrected chi connectivity index (χ4v) is 2.91. The van der Waals surface area contributed by atoms with E-state index in [0.29, 0.717) is 26.1 Å². The van der Waals surface area contributed by atoms with Crippen LogP contribution >= 0.6 is 0 Å². The molecule has 1 fully saturated rings. The van der Waals surface area contributed by atoms with Gasteiger partial charge in [-0.05, 0) is 24.1 Å². The Bertz CT molecular complexity index is 561. The van der Waals surface area contributed by atoms with Crippen molar-refractivity contribution in [2.24, 2.45) is 0 Å². The molecule has 2 rings (SSSR count).